The molecule has 0 saturated heterocycles. The van der Waals surface area contributed by atoms with E-state index in [1.807, 2.05) is 0 Å². The molecule has 1 amide bonds. The van der Waals surface area contributed by atoms with Gasteiger partial charge in [-0.2, -0.15) is 0 Å². The van der Waals surface area contributed by atoms with Crippen LogP contribution in [0, 0.1) is 0 Å². The molecule has 0 saturated carbocycles. The van der Waals surface area contributed by atoms with Gasteiger partial charge < -0.3 is 20.3 Å². The first-order valence-corrected chi connectivity index (χ1v) is 9.34. The topological polar surface area (TPSA) is 116 Å². The Kier molecular flexibility index (Phi) is 22.7. The zero-order valence-electron chi connectivity index (χ0n) is 16.4. The molecule has 0 fully saturated rings. The Morgan fingerprint density at radius 2 is 1.54 bits per heavy atom. The average molecular weight is 422 g/mol. The van der Waals surface area contributed by atoms with Crippen molar-refractivity contribution in [3.05, 3.63) is 0 Å². The summed E-state index contributed by atoms with van der Waals surface area (Å²) >= 11 is 0. The van der Waals surface area contributed by atoms with Crippen LogP contribution in [0.1, 0.15) is 66.2 Å². The quantitative estimate of drug-likeness (QED) is 0.203. The minimum atomic E-state index is -1.11. The van der Waals surface area contributed by atoms with Crippen LogP contribution in [0.4, 0.5) is 0 Å². The molecule has 28 heavy (non-hydrogen) atoms. The molecule has 8 nitrogen and oxygen atoms in total. The first-order valence-electron chi connectivity index (χ1n) is 9.34. The zero-order valence-corrected chi connectivity index (χ0v) is 16.4. The van der Waals surface area contributed by atoms with Gasteiger partial charge in [-0.3, -0.25) is 14.5 Å². The average Bonchev–Trinajstić information content (AvgIpc) is 2.57. The van der Waals surface area contributed by atoms with Crippen molar-refractivity contribution >= 4 is 77.0 Å². The second-order valence-electron chi connectivity index (χ2n) is 6.48. The summed E-state index contributed by atoms with van der Waals surface area (Å²) in [6, 6.07) is -0.864. The van der Waals surface area contributed by atoms with Gasteiger partial charge in [-0.1, -0.05) is 32.6 Å². The van der Waals surface area contributed by atoms with Crippen molar-refractivity contribution in [2.24, 2.45) is 0 Å². The van der Waals surface area contributed by atoms with Gasteiger partial charge in [-0.25, -0.2) is 4.79 Å². The van der Waals surface area contributed by atoms with Crippen LogP contribution in [0.15, 0.2) is 0 Å². The molecule has 3 unspecified atom stereocenters. The summed E-state index contributed by atoms with van der Waals surface area (Å²) in [5, 5.41) is 21.0. The number of rotatable bonds is 15. The number of hydrogen-bond acceptors (Lipinski definition) is 5. The number of aliphatic carboxylic acids is 2. The van der Waals surface area contributed by atoms with Gasteiger partial charge in [0.05, 0.1) is 0 Å². The van der Waals surface area contributed by atoms with Gasteiger partial charge in [-0.05, 0) is 27.2 Å². The Labute approximate surface area is 212 Å². The van der Waals surface area contributed by atoms with Crippen LogP contribution in [-0.2, 0) is 19.1 Å². The Balaban J connectivity index is -0.00000312. The van der Waals surface area contributed by atoms with Gasteiger partial charge in [0.2, 0.25) is 5.91 Å². The molecule has 0 aliphatic heterocycles. The molecule has 0 spiro atoms. The molecule has 10 heteroatoms. The van der Waals surface area contributed by atoms with Crippen LogP contribution in [0.3, 0.4) is 0 Å². The van der Waals surface area contributed by atoms with Crippen LogP contribution in [0.2, 0.25) is 0 Å². The molecule has 0 bridgehead atoms. The van der Waals surface area contributed by atoms with Crippen LogP contribution in [0.5, 0.6) is 0 Å². The number of carbonyl (C=O) groups is 3. The zero-order chi connectivity index (χ0) is 20.1. The van der Waals surface area contributed by atoms with Gasteiger partial charge >= 0.3 is 71.1 Å². The maximum absolute atomic E-state index is 11.8. The first-order chi connectivity index (χ1) is 12.2. The third kappa shape index (κ3) is 15.2. The van der Waals surface area contributed by atoms with E-state index < -0.39 is 30.3 Å². The van der Waals surface area contributed by atoms with Crippen molar-refractivity contribution in [1.29, 1.82) is 0 Å². The normalized spacial score (nSPS) is 13.6. The van der Waals surface area contributed by atoms with E-state index in [0.29, 0.717) is 6.42 Å². The fourth-order valence-corrected chi connectivity index (χ4v) is 2.57. The minimum absolute atomic E-state index is 0. The summed E-state index contributed by atoms with van der Waals surface area (Å²) in [7, 11) is 0. The fraction of sp³-hybridized carbons (Fsp3) is 0.833. The molecule has 3 N–H and O–H groups in total. The van der Waals surface area contributed by atoms with Crippen molar-refractivity contribution in [3.63, 3.8) is 0 Å². The molecule has 3 atom stereocenters. The van der Waals surface area contributed by atoms with Gasteiger partial charge in [-0.15, -0.1) is 0 Å². The number of hydrogen-bond donors (Lipinski definition) is 3. The molecular formula is C18H36N2Na2O6. The van der Waals surface area contributed by atoms with Crippen molar-refractivity contribution in [3.8, 4) is 0 Å². The summed E-state index contributed by atoms with van der Waals surface area (Å²) in [6.45, 7) is 7.17. The van der Waals surface area contributed by atoms with Crippen LogP contribution >= 0.6 is 0 Å². The number of carbonyl (C=O) groups excluding carboxylic acids is 1. The molecule has 0 aromatic heterocycles. The van der Waals surface area contributed by atoms with E-state index in [2.05, 4.69) is 12.2 Å². The Bertz CT molecular complexity index is 454. The summed E-state index contributed by atoms with van der Waals surface area (Å²) in [5.41, 5.74) is 0. The molecule has 0 heterocycles. The number of nitrogens with zero attached hydrogens (tertiary/aromatic N) is 1. The molecular weight excluding hydrogens is 386 g/mol. The van der Waals surface area contributed by atoms with Crippen molar-refractivity contribution < 1.29 is 29.3 Å². The van der Waals surface area contributed by atoms with Gasteiger partial charge in [0.1, 0.15) is 12.3 Å². The summed E-state index contributed by atoms with van der Waals surface area (Å²) in [5.74, 6) is -2.21. The molecule has 0 radical (unpaired) electrons. The molecule has 0 aliphatic carbocycles. The van der Waals surface area contributed by atoms with Gasteiger partial charge in [0.15, 0.2) is 6.10 Å². The number of carboxylic acids is 2. The second kappa shape index (κ2) is 19.3. The van der Waals surface area contributed by atoms with E-state index in [4.69, 9.17) is 9.84 Å². The number of amides is 1. The number of carboxylic acid groups (broad SMARTS) is 2. The fourth-order valence-electron chi connectivity index (χ4n) is 2.57. The second-order valence-corrected chi connectivity index (χ2v) is 6.48. The van der Waals surface area contributed by atoms with Gasteiger partial charge in [0.25, 0.3) is 0 Å². The maximum atomic E-state index is 11.8. The predicted molar refractivity (Wildman–Crippen MR) is 112 cm³/mol. The molecule has 0 aromatic carbocycles. The summed E-state index contributed by atoms with van der Waals surface area (Å²) in [6.07, 6.45) is 4.04. The van der Waals surface area contributed by atoms with E-state index in [9.17, 15) is 19.5 Å². The van der Waals surface area contributed by atoms with Crippen molar-refractivity contribution in [2.45, 2.75) is 84.6 Å². The van der Waals surface area contributed by atoms with Crippen LogP contribution in [0.25, 0.3) is 0 Å². The van der Waals surface area contributed by atoms with E-state index in [-0.39, 0.29) is 78.1 Å². The van der Waals surface area contributed by atoms with E-state index in [0.717, 1.165) is 25.7 Å². The van der Waals surface area contributed by atoms with E-state index in [1.165, 1.54) is 25.2 Å². The van der Waals surface area contributed by atoms with Crippen molar-refractivity contribution in [2.75, 3.05) is 13.1 Å². The van der Waals surface area contributed by atoms with Crippen LogP contribution in [-0.4, -0.2) is 124 Å². The number of ether oxygens (including phenoxy) is 1. The van der Waals surface area contributed by atoms with Crippen LogP contribution < -0.4 is 5.32 Å². The monoisotopic (exact) mass is 422 g/mol. The Morgan fingerprint density at radius 3 is 2.04 bits per heavy atom. The number of nitrogens with one attached hydrogen (secondary N) is 1. The van der Waals surface area contributed by atoms with Crippen molar-refractivity contribution in [1.82, 2.24) is 10.2 Å². The standard InChI is InChI=1S/C18H34N2O6.2Na.2H/c1-5-6-7-8-9-10-16(21)19-11-12-20(13(2)17(22)23)15(4)26-14(3)18(24)25;;;;/h13-15H,5-12H2,1-4H3,(H,19,21)(H,22,23)(H,24,25);;;;. The predicted octanol–water partition coefficient (Wildman–Crippen LogP) is 0.777. The molecule has 0 aromatic rings. The third-order valence-corrected chi connectivity index (χ3v) is 4.27. The summed E-state index contributed by atoms with van der Waals surface area (Å²) in [4.78, 5) is 35.6. The SMILES string of the molecule is CCCCCCCC(=O)NCCN(C(C)OC(C)C(=O)O)C(C)C(=O)O.[NaH].[NaH]. The van der Waals surface area contributed by atoms with E-state index >= 15 is 0 Å². The Morgan fingerprint density at radius 1 is 0.964 bits per heavy atom. The van der Waals surface area contributed by atoms with E-state index in [1.54, 1.807) is 6.92 Å². The molecule has 0 rings (SSSR count). The third-order valence-electron chi connectivity index (χ3n) is 4.27. The Hall–Kier alpha value is 0.330. The molecule has 0 aliphatic rings. The molecule has 156 valence electrons. The number of unbranched alkanes of at least 4 members (excludes halogenated alkanes) is 4. The summed E-state index contributed by atoms with van der Waals surface area (Å²) < 4.78 is 5.36. The first kappa shape index (κ1) is 33.0. The van der Waals surface area contributed by atoms with Gasteiger partial charge in [0, 0.05) is 19.5 Å².